The van der Waals surface area contributed by atoms with Crippen molar-refractivity contribution >= 4 is 23.5 Å². The highest BCUT2D eigenvalue weighted by atomic mass is 16.5. The Morgan fingerprint density at radius 2 is 1.79 bits per heavy atom. The zero-order chi connectivity index (χ0) is 20.7. The molecule has 0 saturated heterocycles. The number of esters is 1. The molecule has 28 heavy (non-hydrogen) atoms. The van der Waals surface area contributed by atoms with E-state index < -0.39 is 12.1 Å². The lowest BCUT2D eigenvalue weighted by Gasteiger charge is -2.09. The fourth-order valence-electron chi connectivity index (χ4n) is 2.71. The molecule has 0 radical (unpaired) electrons. The van der Waals surface area contributed by atoms with Gasteiger partial charge in [0, 0.05) is 17.4 Å². The minimum atomic E-state index is -0.570. The Bertz CT molecular complexity index is 872. The molecule has 2 aromatic rings. The molecule has 1 aromatic heterocycles. The van der Waals surface area contributed by atoms with Crippen LogP contribution in [0.2, 0.25) is 0 Å². The molecule has 1 aromatic carbocycles. The second kappa shape index (κ2) is 9.59. The van der Waals surface area contributed by atoms with Gasteiger partial charge in [0.25, 0.3) is 0 Å². The van der Waals surface area contributed by atoms with E-state index in [0.717, 1.165) is 0 Å². The Balaban J connectivity index is 2.06. The number of carbonyl (C=O) groups excluding carboxylic acids is 3. The van der Waals surface area contributed by atoms with Crippen molar-refractivity contribution in [2.75, 3.05) is 25.1 Å². The predicted octanol–water partition coefficient (Wildman–Crippen LogP) is 3.64. The number of rotatable bonds is 8. The van der Waals surface area contributed by atoms with Crippen molar-refractivity contribution in [2.45, 2.75) is 27.7 Å². The van der Waals surface area contributed by atoms with Crippen molar-refractivity contribution in [1.29, 1.82) is 0 Å². The van der Waals surface area contributed by atoms with Gasteiger partial charge in [0.2, 0.25) is 5.78 Å². The van der Waals surface area contributed by atoms with Crippen LogP contribution >= 0.6 is 0 Å². The molecular weight excluding hydrogens is 364 g/mol. The first-order valence-corrected chi connectivity index (χ1v) is 8.93. The largest absolute Gasteiger partial charge is 0.485 e. The summed E-state index contributed by atoms with van der Waals surface area (Å²) in [5.41, 5.74) is 2.26. The van der Waals surface area contributed by atoms with E-state index in [2.05, 4.69) is 10.3 Å². The molecule has 1 heterocycles. The number of nitrogens with one attached hydrogen (secondary N) is 2. The van der Waals surface area contributed by atoms with Crippen LogP contribution in [0.15, 0.2) is 24.3 Å². The highest BCUT2D eigenvalue weighted by Gasteiger charge is 2.23. The molecule has 0 saturated carbocycles. The van der Waals surface area contributed by atoms with Gasteiger partial charge < -0.3 is 19.2 Å². The van der Waals surface area contributed by atoms with Gasteiger partial charge in [-0.1, -0.05) is 6.07 Å². The number of Topliss-reactive ketones (excluding diaryl/α,β-unsaturated/α-hetero) is 1. The van der Waals surface area contributed by atoms with E-state index in [-0.39, 0.29) is 25.6 Å². The number of aryl methyl sites for hydroxylation is 1. The minimum absolute atomic E-state index is 0.230. The summed E-state index contributed by atoms with van der Waals surface area (Å²) in [6, 6.07) is 6.61. The Hall–Kier alpha value is -3.29. The Morgan fingerprint density at radius 1 is 1.07 bits per heavy atom. The lowest BCUT2D eigenvalue weighted by molar-refractivity contribution is 0.0525. The van der Waals surface area contributed by atoms with Crippen LogP contribution in [0, 0.1) is 13.8 Å². The molecule has 0 aliphatic carbocycles. The summed E-state index contributed by atoms with van der Waals surface area (Å²) in [5.74, 6) is -0.361. The van der Waals surface area contributed by atoms with E-state index in [9.17, 15) is 14.4 Å². The van der Waals surface area contributed by atoms with E-state index >= 15 is 0 Å². The number of ether oxygens (including phenoxy) is 3. The zero-order valence-corrected chi connectivity index (χ0v) is 16.4. The third-order valence-electron chi connectivity index (χ3n) is 3.92. The molecule has 0 bridgehead atoms. The number of ketones is 1. The van der Waals surface area contributed by atoms with Crippen LogP contribution < -0.4 is 10.1 Å². The van der Waals surface area contributed by atoms with E-state index in [1.807, 2.05) is 0 Å². The number of anilines is 1. The highest BCUT2D eigenvalue weighted by Crippen LogP contribution is 2.21. The number of H-pyrrole nitrogens is 1. The summed E-state index contributed by atoms with van der Waals surface area (Å²) in [6.45, 7) is 7.12. The number of amides is 1. The third kappa shape index (κ3) is 5.12. The molecule has 8 heteroatoms. The summed E-state index contributed by atoms with van der Waals surface area (Å²) in [5, 5.41) is 2.56. The van der Waals surface area contributed by atoms with Gasteiger partial charge in [-0.05, 0) is 45.4 Å². The molecule has 150 valence electrons. The van der Waals surface area contributed by atoms with Crippen molar-refractivity contribution in [3.05, 3.63) is 46.8 Å². The molecule has 0 fully saturated rings. The molecule has 8 nitrogen and oxygen atoms in total. The Morgan fingerprint density at radius 3 is 2.46 bits per heavy atom. The maximum absolute atomic E-state index is 12.5. The van der Waals surface area contributed by atoms with Gasteiger partial charge in [-0.2, -0.15) is 0 Å². The molecular formula is C20H24N2O6. The van der Waals surface area contributed by atoms with Gasteiger partial charge in [0.1, 0.15) is 5.75 Å². The SMILES string of the molecule is CCOC(=O)Nc1cccc(OCC(=O)c2[nH]c(C)c(C(=O)OCC)c2C)c1. The van der Waals surface area contributed by atoms with Gasteiger partial charge in [-0.3, -0.25) is 10.1 Å². The monoisotopic (exact) mass is 388 g/mol. The van der Waals surface area contributed by atoms with E-state index in [0.29, 0.717) is 34.0 Å². The number of aromatic nitrogens is 1. The molecule has 0 spiro atoms. The molecule has 0 aliphatic heterocycles. The van der Waals surface area contributed by atoms with Crippen molar-refractivity contribution in [2.24, 2.45) is 0 Å². The number of hydrogen-bond acceptors (Lipinski definition) is 6. The lowest BCUT2D eigenvalue weighted by Crippen LogP contribution is -2.15. The fourth-order valence-corrected chi connectivity index (χ4v) is 2.71. The molecule has 0 atom stereocenters. The number of benzene rings is 1. The first-order chi connectivity index (χ1) is 13.4. The number of aromatic amines is 1. The second-order valence-corrected chi connectivity index (χ2v) is 5.93. The smallest absolute Gasteiger partial charge is 0.411 e. The molecule has 1 amide bonds. The van der Waals surface area contributed by atoms with Crippen LogP contribution in [0.3, 0.4) is 0 Å². The van der Waals surface area contributed by atoms with Crippen LogP contribution in [0.4, 0.5) is 10.5 Å². The maximum atomic E-state index is 12.5. The van der Waals surface area contributed by atoms with Gasteiger partial charge in [-0.25, -0.2) is 9.59 Å². The average Bonchev–Trinajstić information content (AvgIpc) is 2.95. The van der Waals surface area contributed by atoms with Crippen molar-refractivity contribution < 1.29 is 28.6 Å². The lowest BCUT2D eigenvalue weighted by atomic mass is 10.1. The summed E-state index contributed by atoms with van der Waals surface area (Å²) in [6.07, 6.45) is -0.570. The predicted molar refractivity (Wildman–Crippen MR) is 103 cm³/mol. The van der Waals surface area contributed by atoms with Gasteiger partial charge in [0.15, 0.2) is 6.61 Å². The molecule has 0 aliphatic rings. The summed E-state index contributed by atoms with van der Waals surface area (Å²) in [7, 11) is 0. The minimum Gasteiger partial charge on any atom is -0.485 e. The fraction of sp³-hybridized carbons (Fsp3) is 0.350. The molecule has 0 unspecified atom stereocenters. The van der Waals surface area contributed by atoms with Crippen molar-refractivity contribution in [3.8, 4) is 5.75 Å². The Labute approximate surface area is 163 Å². The molecule has 2 N–H and O–H groups in total. The van der Waals surface area contributed by atoms with E-state index in [1.165, 1.54) is 0 Å². The number of hydrogen-bond donors (Lipinski definition) is 2. The van der Waals surface area contributed by atoms with Crippen molar-refractivity contribution in [1.82, 2.24) is 4.98 Å². The quantitative estimate of drug-likeness (QED) is 0.528. The zero-order valence-electron chi connectivity index (χ0n) is 16.4. The normalized spacial score (nSPS) is 10.3. The first kappa shape index (κ1) is 21.0. The van der Waals surface area contributed by atoms with E-state index in [4.69, 9.17) is 14.2 Å². The number of carbonyl (C=O) groups is 3. The maximum Gasteiger partial charge on any atom is 0.411 e. The third-order valence-corrected chi connectivity index (χ3v) is 3.92. The van der Waals surface area contributed by atoms with Crippen LogP contribution in [-0.2, 0) is 9.47 Å². The van der Waals surface area contributed by atoms with Gasteiger partial charge in [0.05, 0.1) is 24.5 Å². The first-order valence-electron chi connectivity index (χ1n) is 8.93. The topological polar surface area (TPSA) is 107 Å². The van der Waals surface area contributed by atoms with Crippen LogP contribution in [0.1, 0.15) is 46.0 Å². The standard InChI is InChI=1S/C20H24N2O6/c1-5-26-19(24)17-12(3)18(21-13(17)4)16(23)11-28-15-9-7-8-14(10-15)22-20(25)27-6-2/h7-10,21H,5-6,11H2,1-4H3,(H,22,25). The Kier molecular flexibility index (Phi) is 7.20. The highest BCUT2D eigenvalue weighted by molar-refractivity contribution is 6.02. The van der Waals surface area contributed by atoms with Crippen LogP contribution in [-0.4, -0.2) is 42.7 Å². The second-order valence-electron chi connectivity index (χ2n) is 5.93. The van der Waals surface area contributed by atoms with Crippen molar-refractivity contribution in [3.63, 3.8) is 0 Å². The summed E-state index contributed by atoms with van der Waals surface area (Å²) >= 11 is 0. The van der Waals surface area contributed by atoms with Crippen LogP contribution in [0.25, 0.3) is 0 Å². The average molecular weight is 388 g/mol. The van der Waals surface area contributed by atoms with E-state index in [1.54, 1.807) is 52.0 Å². The van der Waals surface area contributed by atoms with Crippen LogP contribution in [0.5, 0.6) is 5.75 Å². The van der Waals surface area contributed by atoms with Gasteiger partial charge >= 0.3 is 12.1 Å². The summed E-state index contributed by atoms with van der Waals surface area (Å²) < 4.78 is 15.4. The summed E-state index contributed by atoms with van der Waals surface area (Å²) in [4.78, 5) is 39.0. The molecule has 2 rings (SSSR count). The van der Waals surface area contributed by atoms with Gasteiger partial charge in [-0.15, -0.1) is 0 Å².